The lowest BCUT2D eigenvalue weighted by atomic mass is 10.1. The standard InChI is InChI=1S/C21H20FN3O2/c1-27-19-13-14(6-7-16(19)22)21(26)24-17-8-9-18(25-11-2-3-12-25)20-15(17)5-4-10-23-20/h4-10,13H,2-3,11-12H2,1H3,(H,24,26). The van der Waals surface area contributed by atoms with E-state index in [1.54, 1.807) is 6.20 Å². The van der Waals surface area contributed by atoms with Gasteiger partial charge in [-0.15, -0.1) is 0 Å². The number of ether oxygens (including phenoxy) is 1. The molecule has 5 nitrogen and oxygen atoms in total. The van der Waals surface area contributed by atoms with Gasteiger partial charge in [0.05, 0.1) is 24.0 Å². The summed E-state index contributed by atoms with van der Waals surface area (Å²) in [6, 6.07) is 11.8. The number of pyridine rings is 1. The Balaban J connectivity index is 1.68. The Kier molecular flexibility index (Phi) is 4.62. The van der Waals surface area contributed by atoms with Crippen LogP contribution in [0.4, 0.5) is 15.8 Å². The number of amides is 1. The van der Waals surface area contributed by atoms with E-state index in [0.29, 0.717) is 11.3 Å². The number of aromatic nitrogens is 1. The average Bonchev–Trinajstić information content (AvgIpc) is 3.23. The molecule has 0 radical (unpaired) electrons. The zero-order chi connectivity index (χ0) is 18.8. The minimum atomic E-state index is -0.501. The summed E-state index contributed by atoms with van der Waals surface area (Å²) in [6.45, 7) is 2.04. The van der Waals surface area contributed by atoms with Crippen molar-refractivity contribution in [1.29, 1.82) is 0 Å². The van der Waals surface area contributed by atoms with Gasteiger partial charge in [0.25, 0.3) is 5.91 Å². The molecular weight excluding hydrogens is 345 g/mol. The number of rotatable bonds is 4. The summed E-state index contributed by atoms with van der Waals surface area (Å²) in [4.78, 5) is 19.5. The molecule has 3 aromatic rings. The number of hydrogen-bond acceptors (Lipinski definition) is 4. The molecule has 2 aromatic carbocycles. The van der Waals surface area contributed by atoms with E-state index in [1.807, 2.05) is 24.3 Å². The molecular formula is C21H20FN3O2. The van der Waals surface area contributed by atoms with Gasteiger partial charge in [-0.3, -0.25) is 9.78 Å². The smallest absolute Gasteiger partial charge is 0.255 e. The highest BCUT2D eigenvalue weighted by atomic mass is 19.1. The lowest BCUT2D eigenvalue weighted by Crippen LogP contribution is -2.18. The number of nitrogens with one attached hydrogen (secondary N) is 1. The van der Waals surface area contributed by atoms with E-state index >= 15 is 0 Å². The summed E-state index contributed by atoms with van der Waals surface area (Å²) in [7, 11) is 1.37. The highest BCUT2D eigenvalue weighted by Gasteiger charge is 2.18. The molecule has 27 heavy (non-hydrogen) atoms. The van der Waals surface area contributed by atoms with E-state index in [9.17, 15) is 9.18 Å². The van der Waals surface area contributed by atoms with Crippen molar-refractivity contribution in [2.45, 2.75) is 12.8 Å². The molecule has 1 amide bonds. The van der Waals surface area contributed by atoms with Crippen LogP contribution >= 0.6 is 0 Å². The number of hydrogen-bond donors (Lipinski definition) is 1. The fourth-order valence-corrected chi connectivity index (χ4v) is 3.48. The minimum Gasteiger partial charge on any atom is -0.494 e. The van der Waals surface area contributed by atoms with Crippen LogP contribution < -0.4 is 15.0 Å². The summed E-state index contributed by atoms with van der Waals surface area (Å²) in [5.41, 5.74) is 2.96. The molecule has 0 saturated carbocycles. The quantitative estimate of drug-likeness (QED) is 0.752. The first-order chi connectivity index (χ1) is 13.2. The van der Waals surface area contributed by atoms with Crippen LogP contribution in [-0.4, -0.2) is 31.1 Å². The molecule has 1 fully saturated rings. The Morgan fingerprint density at radius 1 is 1.19 bits per heavy atom. The van der Waals surface area contributed by atoms with E-state index in [-0.39, 0.29) is 11.7 Å². The molecule has 2 heterocycles. The highest BCUT2D eigenvalue weighted by Crippen LogP contribution is 2.33. The molecule has 138 valence electrons. The van der Waals surface area contributed by atoms with Gasteiger partial charge in [-0.05, 0) is 55.3 Å². The van der Waals surface area contributed by atoms with Gasteiger partial charge in [-0.2, -0.15) is 0 Å². The Hall–Kier alpha value is -3.15. The second-order valence-corrected chi connectivity index (χ2v) is 6.53. The zero-order valence-corrected chi connectivity index (χ0v) is 15.0. The molecule has 0 spiro atoms. The predicted molar refractivity (Wildman–Crippen MR) is 104 cm³/mol. The van der Waals surface area contributed by atoms with Crippen LogP contribution in [0.25, 0.3) is 10.9 Å². The van der Waals surface area contributed by atoms with Crippen LogP contribution in [-0.2, 0) is 0 Å². The molecule has 1 saturated heterocycles. The van der Waals surface area contributed by atoms with Gasteiger partial charge in [0.2, 0.25) is 0 Å². The number of halogens is 1. The van der Waals surface area contributed by atoms with Gasteiger partial charge in [0, 0.05) is 30.2 Å². The van der Waals surface area contributed by atoms with E-state index in [4.69, 9.17) is 4.74 Å². The number of carbonyl (C=O) groups is 1. The molecule has 1 aromatic heterocycles. The van der Waals surface area contributed by atoms with Gasteiger partial charge < -0.3 is 15.0 Å². The van der Waals surface area contributed by atoms with Crippen LogP contribution in [0.15, 0.2) is 48.7 Å². The van der Waals surface area contributed by atoms with E-state index < -0.39 is 5.82 Å². The van der Waals surface area contributed by atoms with Crippen molar-refractivity contribution in [2.24, 2.45) is 0 Å². The van der Waals surface area contributed by atoms with Crippen molar-refractivity contribution in [3.05, 3.63) is 60.0 Å². The number of anilines is 2. The lowest BCUT2D eigenvalue weighted by Gasteiger charge is -2.20. The van der Waals surface area contributed by atoms with E-state index in [2.05, 4.69) is 15.2 Å². The van der Waals surface area contributed by atoms with Gasteiger partial charge >= 0.3 is 0 Å². The minimum absolute atomic E-state index is 0.0403. The van der Waals surface area contributed by atoms with Crippen molar-refractivity contribution < 1.29 is 13.9 Å². The lowest BCUT2D eigenvalue weighted by molar-refractivity contribution is 0.102. The molecule has 0 aliphatic carbocycles. The van der Waals surface area contributed by atoms with Gasteiger partial charge in [0.15, 0.2) is 11.6 Å². The Morgan fingerprint density at radius 2 is 2.00 bits per heavy atom. The second-order valence-electron chi connectivity index (χ2n) is 6.53. The van der Waals surface area contributed by atoms with Crippen molar-refractivity contribution in [1.82, 2.24) is 4.98 Å². The first-order valence-electron chi connectivity index (χ1n) is 8.95. The SMILES string of the molecule is COc1cc(C(=O)Nc2ccc(N3CCCC3)c3ncccc23)ccc1F. The van der Waals surface area contributed by atoms with Crippen molar-refractivity contribution in [3.8, 4) is 5.75 Å². The third-order valence-electron chi connectivity index (χ3n) is 4.86. The molecule has 0 bridgehead atoms. The largest absolute Gasteiger partial charge is 0.494 e. The first kappa shape index (κ1) is 17.3. The summed E-state index contributed by atoms with van der Waals surface area (Å²) in [5.74, 6) is -0.787. The second kappa shape index (κ2) is 7.23. The van der Waals surface area contributed by atoms with E-state index in [1.165, 1.54) is 38.2 Å². The third kappa shape index (κ3) is 3.30. The number of nitrogens with zero attached hydrogens (tertiary/aromatic N) is 2. The number of methoxy groups -OCH3 is 1. The molecule has 1 aliphatic rings. The van der Waals surface area contributed by atoms with Crippen molar-refractivity contribution in [3.63, 3.8) is 0 Å². The Bertz CT molecular complexity index is 1000. The van der Waals surface area contributed by atoms with Crippen LogP contribution in [0.3, 0.4) is 0 Å². The molecule has 0 atom stereocenters. The van der Waals surface area contributed by atoms with Crippen molar-refractivity contribution >= 4 is 28.2 Å². The van der Waals surface area contributed by atoms with Gasteiger partial charge in [0.1, 0.15) is 0 Å². The molecule has 6 heteroatoms. The fraction of sp³-hybridized carbons (Fsp3) is 0.238. The van der Waals surface area contributed by atoms with Crippen LogP contribution in [0.2, 0.25) is 0 Å². The molecule has 4 rings (SSSR count). The maximum atomic E-state index is 13.6. The fourth-order valence-electron chi connectivity index (χ4n) is 3.48. The normalized spacial score (nSPS) is 13.8. The average molecular weight is 365 g/mol. The zero-order valence-electron chi connectivity index (χ0n) is 15.0. The topological polar surface area (TPSA) is 54.5 Å². The summed E-state index contributed by atoms with van der Waals surface area (Å²) >= 11 is 0. The summed E-state index contributed by atoms with van der Waals surface area (Å²) < 4.78 is 18.5. The highest BCUT2D eigenvalue weighted by molar-refractivity contribution is 6.10. The Morgan fingerprint density at radius 3 is 2.78 bits per heavy atom. The number of fused-ring (bicyclic) bond motifs is 1. The summed E-state index contributed by atoms with van der Waals surface area (Å²) in [5, 5.41) is 3.79. The van der Waals surface area contributed by atoms with Gasteiger partial charge in [-0.25, -0.2) is 4.39 Å². The van der Waals surface area contributed by atoms with Crippen LogP contribution in [0.5, 0.6) is 5.75 Å². The molecule has 1 aliphatic heterocycles. The predicted octanol–water partition coefficient (Wildman–Crippen LogP) is 4.24. The number of carbonyl (C=O) groups excluding carboxylic acids is 1. The monoisotopic (exact) mass is 365 g/mol. The van der Waals surface area contributed by atoms with E-state index in [0.717, 1.165) is 29.7 Å². The molecule has 0 unspecified atom stereocenters. The van der Waals surface area contributed by atoms with Crippen molar-refractivity contribution in [2.75, 3.05) is 30.4 Å². The van der Waals surface area contributed by atoms with Gasteiger partial charge in [-0.1, -0.05) is 0 Å². The molecule has 1 N–H and O–H groups in total. The third-order valence-corrected chi connectivity index (χ3v) is 4.86. The number of benzene rings is 2. The Labute approximate surface area is 156 Å². The first-order valence-corrected chi connectivity index (χ1v) is 8.95. The maximum Gasteiger partial charge on any atom is 0.255 e. The van der Waals surface area contributed by atoms with Crippen LogP contribution in [0.1, 0.15) is 23.2 Å². The van der Waals surface area contributed by atoms with Crippen LogP contribution in [0, 0.1) is 5.82 Å². The maximum absolute atomic E-state index is 13.6. The summed E-state index contributed by atoms with van der Waals surface area (Å²) in [6.07, 6.45) is 4.12.